The summed E-state index contributed by atoms with van der Waals surface area (Å²) in [5.74, 6) is 0.321. The minimum atomic E-state index is -0.379. The summed E-state index contributed by atoms with van der Waals surface area (Å²) in [6.07, 6.45) is 1.69. The maximum absolute atomic E-state index is 11.6. The van der Waals surface area contributed by atoms with Crippen LogP contribution in [0.4, 0.5) is 0 Å². The molecule has 0 unspecified atom stereocenters. The molecule has 0 amide bonds. The molecule has 0 atom stereocenters. The monoisotopic (exact) mass is 267 g/mol. The van der Waals surface area contributed by atoms with Crippen LogP contribution in [-0.4, -0.2) is 27.7 Å². The van der Waals surface area contributed by atoms with Gasteiger partial charge in [-0.1, -0.05) is 29.8 Å². The van der Waals surface area contributed by atoms with Gasteiger partial charge in [-0.25, -0.2) is 4.79 Å². The molecule has 0 aliphatic heterocycles. The fourth-order valence-electron chi connectivity index (χ4n) is 2.03. The molecule has 0 aliphatic carbocycles. The molecule has 0 saturated carbocycles. The molecule has 0 radical (unpaired) electrons. The van der Waals surface area contributed by atoms with Crippen molar-refractivity contribution in [3.8, 4) is 11.4 Å². The van der Waals surface area contributed by atoms with Crippen molar-refractivity contribution in [2.24, 2.45) is 0 Å². The van der Waals surface area contributed by atoms with Crippen LogP contribution in [0.15, 0.2) is 42.6 Å². The predicted molar refractivity (Wildman–Crippen MR) is 74.5 cm³/mol. The molecule has 0 saturated heterocycles. The van der Waals surface area contributed by atoms with Crippen molar-refractivity contribution in [1.82, 2.24) is 14.6 Å². The van der Waals surface area contributed by atoms with Crippen molar-refractivity contribution in [2.45, 2.75) is 6.92 Å². The van der Waals surface area contributed by atoms with Gasteiger partial charge < -0.3 is 4.74 Å². The first-order valence-corrected chi connectivity index (χ1v) is 6.19. The largest absolute Gasteiger partial charge is 0.465 e. The highest BCUT2D eigenvalue weighted by atomic mass is 16.5. The number of ether oxygens (including phenoxy) is 1. The van der Waals surface area contributed by atoms with Gasteiger partial charge >= 0.3 is 5.97 Å². The van der Waals surface area contributed by atoms with Crippen LogP contribution in [0.25, 0.3) is 17.0 Å². The van der Waals surface area contributed by atoms with Crippen molar-refractivity contribution < 1.29 is 9.53 Å². The van der Waals surface area contributed by atoms with E-state index in [1.54, 1.807) is 22.7 Å². The second kappa shape index (κ2) is 4.77. The second-order valence-corrected chi connectivity index (χ2v) is 4.53. The van der Waals surface area contributed by atoms with Crippen molar-refractivity contribution in [3.05, 3.63) is 53.7 Å². The minimum Gasteiger partial charge on any atom is -0.465 e. The number of carbonyl (C=O) groups is 1. The molecule has 3 rings (SSSR count). The van der Waals surface area contributed by atoms with E-state index in [0.29, 0.717) is 17.0 Å². The molecule has 5 nitrogen and oxygen atoms in total. The smallest absolute Gasteiger partial charge is 0.339 e. The van der Waals surface area contributed by atoms with E-state index in [1.165, 1.54) is 12.7 Å². The molecule has 0 N–H and O–H groups in total. The summed E-state index contributed by atoms with van der Waals surface area (Å²) in [5, 5.41) is 8.29. The maximum Gasteiger partial charge on any atom is 0.339 e. The van der Waals surface area contributed by atoms with Crippen LogP contribution >= 0.6 is 0 Å². The lowest BCUT2D eigenvalue weighted by atomic mass is 10.1. The molecule has 1 aromatic carbocycles. The lowest BCUT2D eigenvalue weighted by Crippen LogP contribution is -2.03. The Hall–Kier alpha value is -2.69. The number of esters is 1. The lowest BCUT2D eigenvalue weighted by Gasteiger charge is -2.03. The Morgan fingerprint density at radius 3 is 2.55 bits per heavy atom. The van der Waals surface area contributed by atoms with E-state index < -0.39 is 0 Å². The third-order valence-corrected chi connectivity index (χ3v) is 3.13. The lowest BCUT2D eigenvalue weighted by molar-refractivity contribution is 0.0600. The molecular weight excluding hydrogens is 254 g/mol. The van der Waals surface area contributed by atoms with Gasteiger partial charge in [-0.15, -0.1) is 10.2 Å². The number of aryl methyl sites for hydroxylation is 1. The molecule has 5 heteroatoms. The normalized spacial score (nSPS) is 10.7. The van der Waals surface area contributed by atoms with E-state index in [2.05, 4.69) is 10.2 Å². The van der Waals surface area contributed by atoms with Crippen LogP contribution in [0.5, 0.6) is 0 Å². The highest BCUT2D eigenvalue weighted by molar-refractivity contribution is 5.89. The van der Waals surface area contributed by atoms with Gasteiger partial charge in [0.2, 0.25) is 0 Å². The summed E-state index contributed by atoms with van der Waals surface area (Å²) in [4.78, 5) is 11.6. The van der Waals surface area contributed by atoms with Crippen LogP contribution in [0.3, 0.4) is 0 Å². The summed E-state index contributed by atoms with van der Waals surface area (Å²) < 4.78 is 6.52. The van der Waals surface area contributed by atoms with Gasteiger partial charge in [-0.05, 0) is 19.1 Å². The summed E-state index contributed by atoms with van der Waals surface area (Å²) >= 11 is 0. The highest BCUT2D eigenvalue weighted by Gasteiger charge is 2.11. The Morgan fingerprint density at radius 2 is 1.85 bits per heavy atom. The molecule has 0 spiro atoms. The minimum absolute atomic E-state index is 0.379. The van der Waals surface area contributed by atoms with Crippen molar-refractivity contribution in [3.63, 3.8) is 0 Å². The average molecular weight is 267 g/mol. The molecule has 3 aromatic rings. The molecular formula is C15H13N3O2. The van der Waals surface area contributed by atoms with Crippen LogP contribution in [0.2, 0.25) is 0 Å². The Balaban J connectivity index is 2.16. The van der Waals surface area contributed by atoms with Crippen molar-refractivity contribution in [2.75, 3.05) is 7.11 Å². The summed E-state index contributed by atoms with van der Waals surface area (Å²) in [5.41, 5.74) is 3.28. The molecule has 100 valence electrons. The van der Waals surface area contributed by atoms with Gasteiger partial charge in [-0.3, -0.25) is 4.40 Å². The Bertz CT molecular complexity index is 775. The molecule has 0 bridgehead atoms. The number of benzene rings is 1. The predicted octanol–water partition coefficient (Wildman–Crippen LogP) is 2.49. The Labute approximate surface area is 115 Å². The van der Waals surface area contributed by atoms with Crippen LogP contribution in [-0.2, 0) is 4.74 Å². The second-order valence-electron chi connectivity index (χ2n) is 4.53. The number of carbonyl (C=O) groups excluding carboxylic acids is 1. The summed E-state index contributed by atoms with van der Waals surface area (Å²) in [7, 11) is 1.36. The number of hydrogen-bond donors (Lipinski definition) is 0. The van der Waals surface area contributed by atoms with E-state index in [-0.39, 0.29) is 5.97 Å². The molecule has 2 heterocycles. The summed E-state index contributed by atoms with van der Waals surface area (Å²) in [6.45, 7) is 2.03. The van der Waals surface area contributed by atoms with E-state index in [4.69, 9.17) is 4.74 Å². The summed E-state index contributed by atoms with van der Waals surface area (Å²) in [6, 6.07) is 11.4. The zero-order chi connectivity index (χ0) is 14.1. The third-order valence-electron chi connectivity index (χ3n) is 3.13. The number of aromatic nitrogens is 3. The molecule has 20 heavy (non-hydrogen) atoms. The van der Waals surface area contributed by atoms with Gasteiger partial charge in [0.15, 0.2) is 11.5 Å². The number of methoxy groups -OCH3 is 1. The number of fused-ring (bicyclic) bond motifs is 1. The van der Waals surface area contributed by atoms with Gasteiger partial charge in [0, 0.05) is 11.8 Å². The third kappa shape index (κ3) is 2.03. The number of hydrogen-bond acceptors (Lipinski definition) is 4. The standard InChI is InChI=1S/C15H13N3O2/c1-10-3-5-11(6-4-10)14-17-16-13-8-7-12(9-18(13)14)15(19)20-2/h3-9H,1-2H3. The maximum atomic E-state index is 11.6. The van der Waals surface area contributed by atoms with Crippen molar-refractivity contribution in [1.29, 1.82) is 0 Å². The quantitative estimate of drug-likeness (QED) is 0.669. The van der Waals surface area contributed by atoms with Crippen LogP contribution in [0.1, 0.15) is 15.9 Å². The van der Waals surface area contributed by atoms with Gasteiger partial charge in [0.05, 0.1) is 12.7 Å². The first kappa shape index (κ1) is 12.3. The van der Waals surface area contributed by atoms with Gasteiger partial charge in [0.25, 0.3) is 0 Å². The van der Waals surface area contributed by atoms with Crippen molar-refractivity contribution >= 4 is 11.6 Å². The van der Waals surface area contributed by atoms with Crippen LogP contribution < -0.4 is 0 Å². The highest BCUT2D eigenvalue weighted by Crippen LogP contribution is 2.19. The van der Waals surface area contributed by atoms with E-state index in [0.717, 1.165) is 5.56 Å². The first-order chi connectivity index (χ1) is 9.69. The van der Waals surface area contributed by atoms with Gasteiger partial charge in [-0.2, -0.15) is 0 Å². The van der Waals surface area contributed by atoms with E-state index in [9.17, 15) is 4.79 Å². The number of pyridine rings is 1. The first-order valence-electron chi connectivity index (χ1n) is 6.19. The SMILES string of the molecule is COC(=O)c1ccc2nnc(-c3ccc(C)cc3)n2c1. The number of nitrogens with zero attached hydrogens (tertiary/aromatic N) is 3. The fraction of sp³-hybridized carbons (Fsp3) is 0.133. The average Bonchev–Trinajstić information content (AvgIpc) is 2.90. The fourth-order valence-corrected chi connectivity index (χ4v) is 2.03. The Kier molecular flexibility index (Phi) is 2.95. The van der Waals surface area contributed by atoms with Gasteiger partial charge in [0.1, 0.15) is 0 Å². The number of rotatable bonds is 2. The Morgan fingerprint density at radius 1 is 1.10 bits per heavy atom. The zero-order valence-corrected chi connectivity index (χ0v) is 11.2. The molecule has 0 fully saturated rings. The topological polar surface area (TPSA) is 56.5 Å². The van der Waals surface area contributed by atoms with Crippen LogP contribution in [0, 0.1) is 6.92 Å². The molecule has 2 aromatic heterocycles. The molecule has 0 aliphatic rings. The van der Waals surface area contributed by atoms with E-state index in [1.807, 2.05) is 31.2 Å². The zero-order valence-electron chi connectivity index (χ0n) is 11.2. The van der Waals surface area contributed by atoms with E-state index >= 15 is 0 Å².